The van der Waals surface area contributed by atoms with Gasteiger partial charge >= 0.3 is 0 Å². The summed E-state index contributed by atoms with van der Waals surface area (Å²) in [6.07, 6.45) is 8.62. The first-order chi connectivity index (χ1) is 9.20. The lowest BCUT2D eigenvalue weighted by Crippen LogP contribution is -2.46. The molecule has 1 unspecified atom stereocenters. The molecule has 4 nitrogen and oxygen atoms in total. The van der Waals surface area contributed by atoms with Crippen LogP contribution in [0, 0.1) is 5.92 Å². The topological polar surface area (TPSA) is 36.9 Å². The number of methoxy groups -OCH3 is 4. The van der Waals surface area contributed by atoms with E-state index in [1.54, 1.807) is 28.4 Å². The normalized spacial score (nSPS) is 13.7. The number of rotatable bonds is 13. The monoisotopic (exact) mass is 276 g/mol. The van der Waals surface area contributed by atoms with Crippen LogP contribution in [0.5, 0.6) is 0 Å². The fourth-order valence-electron chi connectivity index (χ4n) is 2.48. The zero-order chi connectivity index (χ0) is 14.6. The quantitative estimate of drug-likeness (QED) is 0.380. The molecule has 0 rings (SSSR count). The van der Waals surface area contributed by atoms with Gasteiger partial charge < -0.3 is 18.9 Å². The zero-order valence-corrected chi connectivity index (χ0v) is 13.4. The molecule has 0 saturated heterocycles. The van der Waals surface area contributed by atoms with Crippen LogP contribution in [-0.2, 0) is 18.9 Å². The molecule has 0 aliphatic rings. The summed E-state index contributed by atoms with van der Waals surface area (Å²) in [6, 6.07) is 0. The van der Waals surface area contributed by atoms with Crippen molar-refractivity contribution in [2.24, 2.45) is 5.92 Å². The molecule has 0 heterocycles. The molecule has 0 N–H and O–H groups in total. The van der Waals surface area contributed by atoms with Crippen molar-refractivity contribution < 1.29 is 18.9 Å². The minimum Gasteiger partial charge on any atom is -0.384 e. The summed E-state index contributed by atoms with van der Waals surface area (Å²) in [6.45, 7) is 2.81. The van der Waals surface area contributed by atoms with Gasteiger partial charge in [0.05, 0.1) is 12.5 Å². The molecular formula is C15H32O4. The van der Waals surface area contributed by atoms with Crippen LogP contribution in [0.25, 0.3) is 0 Å². The first-order valence-corrected chi connectivity index (χ1v) is 7.35. The summed E-state index contributed by atoms with van der Waals surface area (Å²) in [5.41, 5.74) is 0. The van der Waals surface area contributed by atoms with E-state index in [1.165, 1.54) is 32.1 Å². The first kappa shape index (κ1) is 18.8. The second-order valence-electron chi connectivity index (χ2n) is 4.92. The Balaban J connectivity index is 4.16. The fourth-order valence-corrected chi connectivity index (χ4v) is 2.48. The van der Waals surface area contributed by atoms with Gasteiger partial charge in [0.1, 0.15) is 0 Å². The predicted molar refractivity (Wildman–Crippen MR) is 77.1 cm³/mol. The summed E-state index contributed by atoms with van der Waals surface area (Å²) in [4.78, 5) is 0. The molecule has 0 amide bonds. The predicted octanol–water partition coefficient (Wildman–Crippen LogP) is 3.59. The molecule has 0 aromatic carbocycles. The van der Waals surface area contributed by atoms with E-state index < -0.39 is 5.97 Å². The maximum atomic E-state index is 5.42. The van der Waals surface area contributed by atoms with Gasteiger partial charge in [-0.3, -0.25) is 0 Å². The highest BCUT2D eigenvalue weighted by Gasteiger charge is 2.39. The molecule has 0 radical (unpaired) electrons. The van der Waals surface area contributed by atoms with Crippen molar-refractivity contribution in [3.63, 3.8) is 0 Å². The number of hydrogen-bond acceptors (Lipinski definition) is 4. The maximum Gasteiger partial charge on any atom is 0.287 e. The third kappa shape index (κ3) is 6.70. The SMILES string of the molecule is CCCCCCCCC(COC)C(OC)(OC)OC. The van der Waals surface area contributed by atoms with Crippen molar-refractivity contribution in [1.82, 2.24) is 0 Å². The fraction of sp³-hybridized carbons (Fsp3) is 1.00. The lowest BCUT2D eigenvalue weighted by atomic mass is 9.98. The average Bonchev–Trinajstić information content (AvgIpc) is 2.45. The van der Waals surface area contributed by atoms with Crippen LogP contribution < -0.4 is 0 Å². The van der Waals surface area contributed by atoms with Crippen LogP contribution in [0.15, 0.2) is 0 Å². The Hall–Kier alpha value is -0.160. The van der Waals surface area contributed by atoms with Gasteiger partial charge in [-0.05, 0) is 6.42 Å². The Morgan fingerprint density at radius 1 is 0.789 bits per heavy atom. The largest absolute Gasteiger partial charge is 0.384 e. The molecule has 0 fully saturated rings. The van der Waals surface area contributed by atoms with Crippen molar-refractivity contribution in [2.75, 3.05) is 35.0 Å². The van der Waals surface area contributed by atoms with Gasteiger partial charge in [-0.1, -0.05) is 45.4 Å². The molecule has 4 heteroatoms. The van der Waals surface area contributed by atoms with E-state index in [0.717, 1.165) is 12.8 Å². The lowest BCUT2D eigenvalue weighted by molar-refractivity contribution is -0.383. The van der Waals surface area contributed by atoms with Crippen molar-refractivity contribution in [1.29, 1.82) is 0 Å². The molecule has 0 aliphatic heterocycles. The second-order valence-corrected chi connectivity index (χ2v) is 4.92. The van der Waals surface area contributed by atoms with Crippen LogP contribution in [0.3, 0.4) is 0 Å². The maximum absolute atomic E-state index is 5.42. The van der Waals surface area contributed by atoms with Gasteiger partial charge in [-0.15, -0.1) is 0 Å². The minimum absolute atomic E-state index is 0.0867. The van der Waals surface area contributed by atoms with E-state index in [9.17, 15) is 0 Å². The van der Waals surface area contributed by atoms with E-state index in [-0.39, 0.29) is 5.92 Å². The zero-order valence-electron chi connectivity index (χ0n) is 13.4. The van der Waals surface area contributed by atoms with E-state index in [2.05, 4.69) is 6.92 Å². The highest BCUT2D eigenvalue weighted by atomic mass is 16.9. The van der Waals surface area contributed by atoms with Crippen LogP contribution in [0.2, 0.25) is 0 Å². The van der Waals surface area contributed by atoms with Crippen LogP contribution in [0.4, 0.5) is 0 Å². The summed E-state index contributed by atoms with van der Waals surface area (Å²) in [5, 5.41) is 0. The Kier molecular flexibility index (Phi) is 11.6. The standard InChI is InChI=1S/C15H32O4/c1-6-7-8-9-10-11-12-14(13-16-2)15(17-3,18-4)19-5/h14H,6-13H2,1-5H3. The molecule has 0 aromatic heterocycles. The van der Waals surface area contributed by atoms with Crippen LogP contribution in [0.1, 0.15) is 51.9 Å². The third-order valence-electron chi connectivity index (χ3n) is 3.63. The van der Waals surface area contributed by atoms with Gasteiger partial charge in [0.2, 0.25) is 0 Å². The molecular weight excluding hydrogens is 244 g/mol. The van der Waals surface area contributed by atoms with Gasteiger partial charge in [0, 0.05) is 28.4 Å². The van der Waals surface area contributed by atoms with Crippen molar-refractivity contribution in [2.45, 2.75) is 57.8 Å². The Morgan fingerprint density at radius 3 is 1.79 bits per heavy atom. The molecule has 0 aromatic rings. The van der Waals surface area contributed by atoms with Crippen molar-refractivity contribution >= 4 is 0 Å². The first-order valence-electron chi connectivity index (χ1n) is 7.35. The smallest absolute Gasteiger partial charge is 0.287 e. The average molecular weight is 276 g/mol. The summed E-state index contributed by atoms with van der Waals surface area (Å²) < 4.78 is 21.5. The van der Waals surface area contributed by atoms with Gasteiger partial charge in [-0.2, -0.15) is 0 Å². The van der Waals surface area contributed by atoms with E-state index >= 15 is 0 Å². The number of hydrogen-bond donors (Lipinski definition) is 0. The third-order valence-corrected chi connectivity index (χ3v) is 3.63. The molecule has 116 valence electrons. The number of ether oxygens (including phenoxy) is 4. The Bertz CT molecular complexity index is 184. The van der Waals surface area contributed by atoms with Crippen molar-refractivity contribution in [3.8, 4) is 0 Å². The second kappa shape index (κ2) is 11.6. The molecule has 0 aliphatic carbocycles. The van der Waals surface area contributed by atoms with E-state index in [1.807, 2.05) is 0 Å². The summed E-state index contributed by atoms with van der Waals surface area (Å²) in [7, 11) is 6.52. The highest BCUT2D eigenvalue weighted by molar-refractivity contribution is 4.70. The van der Waals surface area contributed by atoms with Crippen LogP contribution in [-0.4, -0.2) is 41.0 Å². The highest BCUT2D eigenvalue weighted by Crippen LogP contribution is 2.28. The Morgan fingerprint density at radius 2 is 1.32 bits per heavy atom. The summed E-state index contributed by atoms with van der Waals surface area (Å²) >= 11 is 0. The van der Waals surface area contributed by atoms with E-state index in [4.69, 9.17) is 18.9 Å². The Labute approximate surface area is 118 Å². The summed E-state index contributed by atoms with van der Waals surface area (Å²) in [5.74, 6) is -0.900. The number of unbranched alkanes of at least 4 members (excludes halogenated alkanes) is 5. The van der Waals surface area contributed by atoms with E-state index in [0.29, 0.717) is 6.61 Å². The van der Waals surface area contributed by atoms with Crippen molar-refractivity contribution in [3.05, 3.63) is 0 Å². The molecule has 1 atom stereocenters. The van der Waals surface area contributed by atoms with Crippen LogP contribution >= 0.6 is 0 Å². The molecule has 0 saturated carbocycles. The molecule has 19 heavy (non-hydrogen) atoms. The lowest BCUT2D eigenvalue weighted by Gasteiger charge is -2.36. The molecule has 0 spiro atoms. The minimum atomic E-state index is -0.987. The molecule has 0 bridgehead atoms. The van der Waals surface area contributed by atoms with Gasteiger partial charge in [0.25, 0.3) is 5.97 Å². The van der Waals surface area contributed by atoms with Gasteiger partial charge in [-0.25, -0.2) is 0 Å². The van der Waals surface area contributed by atoms with Gasteiger partial charge in [0.15, 0.2) is 0 Å².